The van der Waals surface area contributed by atoms with Crippen LogP contribution in [0, 0.1) is 5.82 Å². The molecule has 0 fully saturated rings. The van der Waals surface area contributed by atoms with Gasteiger partial charge in [-0.25, -0.2) is 14.4 Å². The van der Waals surface area contributed by atoms with Crippen molar-refractivity contribution in [1.29, 1.82) is 0 Å². The lowest BCUT2D eigenvalue weighted by Gasteiger charge is -2.03. The van der Waals surface area contributed by atoms with Crippen LogP contribution in [0.25, 0.3) is 22.5 Å². The number of hydrogen-bond acceptors (Lipinski definition) is 2. The third-order valence-corrected chi connectivity index (χ3v) is 2.84. The number of aromatic nitrogens is 2. The van der Waals surface area contributed by atoms with Crippen molar-refractivity contribution in [2.75, 3.05) is 0 Å². The fourth-order valence-electron chi connectivity index (χ4n) is 1.88. The highest BCUT2D eigenvalue weighted by Crippen LogP contribution is 2.20. The number of benzene rings is 2. The zero-order valence-corrected chi connectivity index (χ0v) is 10.1. The van der Waals surface area contributed by atoms with Gasteiger partial charge in [-0.05, 0) is 17.7 Å². The molecule has 3 rings (SSSR count). The first-order valence-corrected chi connectivity index (χ1v) is 5.96. The Morgan fingerprint density at radius 3 is 2.05 bits per heavy atom. The smallest absolute Gasteiger partial charge is 0.159 e. The summed E-state index contributed by atoms with van der Waals surface area (Å²) < 4.78 is 13.1. The van der Waals surface area contributed by atoms with E-state index in [1.165, 1.54) is 12.1 Å². The van der Waals surface area contributed by atoms with Crippen LogP contribution < -0.4 is 0 Å². The Balaban J connectivity index is 1.95. The Labute approximate surface area is 110 Å². The van der Waals surface area contributed by atoms with Gasteiger partial charge in [0.25, 0.3) is 0 Å². The van der Waals surface area contributed by atoms with E-state index >= 15 is 0 Å². The molecule has 0 amide bonds. The summed E-state index contributed by atoms with van der Waals surface area (Å²) in [5, 5.41) is 0. The van der Waals surface area contributed by atoms with E-state index in [0.717, 1.165) is 11.1 Å². The molecule has 0 saturated carbocycles. The van der Waals surface area contributed by atoms with Crippen LogP contribution in [0.3, 0.4) is 0 Å². The Hall–Kier alpha value is -2.55. The van der Waals surface area contributed by atoms with Crippen LogP contribution in [0.15, 0.2) is 67.0 Å². The van der Waals surface area contributed by atoms with E-state index in [9.17, 15) is 4.39 Å². The molecule has 0 unspecified atom stereocenters. The second-order valence-electron chi connectivity index (χ2n) is 4.17. The second kappa shape index (κ2) is 4.98. The molecule has 2 nitrogen and oxygen atoms in total. The maximum Gasteiger partial charge on any atom is 0.159 e. The predicted molar refractivity (Wildman–Crippen MR) is 72.9 cm³/mol. The van der Waals surface area contributed by atoms with E-state index in [0.29, 0.717) is 11.4 Å². The van der Waals surface area contributed by atoms with Gasteiger partial charge in [0, 0.05) is 23.5 Å². The highest BCUT2D eigenvalue weighted by Gasteiger charge is 2.03. The van der Waals surface area contributed by atoms with Crippen LogP contribution >= 0.6 is 0 Å². The third kappa shape index (κ3) is 2.50. The van der Waals surface area contributed by atoms with Crippen molar-refractivity contribution in [3.05, 3.63) is 72.8 Å². The zero-order valence-electron chi connectivity index (χ0n) is 10.1. The lowest BCUT2D eigenvalue weighted by molar-refractivity contribution is 0.628. The standard InChI is InChI=1S/C16H11FN2/c17-15-8-4-7-13(9-15)16-18-10-14(11-19-16)12-5-2-1-3-6-12/h1-11H. The van der Waals surface area contributed by atoms with Crippen molar-refractivity contribution in [1.82, 2.24) is 9.97 Å². The normalized spacial score (nSPS) is 10.4. The van der Waals surface area contributed by atoms with Crippen molar-refractivity contribution in [3.63, 3.8) is 0 Å². The molecule has 1 aromatic heterocycles. The minimum Gasteiger partial charge on any atom is -0.236 e. The van der Waals surface area contributed by atoms with Gasteiger partial charge in [0.2, 0.25) is 0 Å². The van der Waals surface area contributed by atoms with Gasteiger partial charge in [0.1, 0.15) is 5.82 Å². The number of hydrogen-bond donors (Lipinski definition) is 0. The van der Waals surface area contributed by atoms with E-state index in [1.54, 1.807) is 24.5 Å². The quantitative estimate of drug-likeness (QED) is 0.688. The first kappa shape index (κ1) is 11.5. The molecule has 92 valence electrons. The third-order valence-electron chi connectivity index (χ3n) is 2.84. The summed E-state index contributed by atoms with van der Waals surface area (Å²) in [7, 11) is 0. The second-order valence-corrected chi connectivity index (χ2v) is 4.17. The molecule has 0 N–H and O–H groups in total. The fourth-order valence-corrected chi connectivity index (χ4v) is 1.88. The predicted octanol–water partition coefficient (Wildman–Crippen LogP) is 3.95. The average Bonchev–Trinajstić information content (AvgIpc) is 2.48. The lowest BCUT2D eigenvalue weighted by atomic mass is 10.1. The summed E-state index contributed by atoms with van der Waals surface area (Å²) in [6.07, 6.45) is 3.51. The Morgan fingerprint density at radius 1 is 0.684 bits per heavy atom. The molecular formula is C16H11FN2. The highest BCUT2D eigenvalue weighted by molar-refractivity contribution is 5.63. The van der Waals surface area contributed by atoms with E-state index in [1.807, 2.05) is 30.3 Å². The molecule has 1 heterocycles. The molecule has 0 spiro atoms. The van der Waals surface area contributed by atoms with Crippen molar-refractivity contribution in [2.45, 2.75) is 0 Å². The number of nitrogens with zero attached hydrogens (tertiary/aromatic N) is 2. The minimum absolute atomic E-state index is 0.284. The first-order chi connectivity index (χ1) is 9.33. The van der Waals surface area contributed by atoms with Crippen LogP contribution in [0.5, 0.6) is 0 Å². The Bertz CT molecular complexity index is 679. The molecule has 0 bridgehead atoms. The minimum atomic E-state index is -0.284. The molecule has 19 heavy (non-hydrogen) atoms. The molecule has 0 aliphatic carbocycles. The zero-order chi connectivity index (χ0) is 13.1. The average molecular weight is 250 g/mol. The highest BCUT2D eigenvalue weighted by atomic mass is 19.1. The summed E-state index contributed by atoms with van der Waals surface area (Å²) in [6.45, 7) is 0. The Morgan fingerprint density at radius 2 is 1.37 bits per heavy atom. The van der Waals surface area contributed by atoms with Crippen molar-refractivity contribution in [2.24, 2.45) is 0 Å². The van der Waals surface area contributed by atoms with Crippen molar-refractivity contribution in [3.8, 4) is 22.5 Å². The maximum atomic E-state index is 13.1. The van der Waals surface area contributed by atoms with Gasteiger partial charge < -0.3 is 0 Å². The molecule has 0 saturated heterocycles. The monoisotopic (exact) mass is 250 g/mol. The Kier molecular flexibility index (Phi) is 3.02. The molecule has 3 heteroatoms. The van der Waals surface area contributed by atoms with Crippen LogP contribution in [0.1, 0.15) is 0 Å². The van der Waals surface area contributed by atoms with E-state index in [2.05, 4.69) is 9.97 Å². The molecule has 3 aromatic rings. The van der Waals surface area contributed by atoms with Crippen molar-refractivity contribution >= 4 is 0 Å². The van der Waals surface area contributed by atoms with Crippen LogP contribution in [0.4, 0.5) is 4.39 Å². The topological polar surface area (TPSA) is 25.8 Å². The van der Waals surface area contributed by atoms with Gasteiger partial charge in [-0.15, -0.1) is 0 Å². The molecule has 0 aliphatic rings. The first-order valence-electron chi connectivity index (χ1n) is 5.96. The summed E-state index contributed by atoms with van der Waals surface area (Å²) >= 11 is 0. The van der Waals surface area contributed by atoms with Gasteiger partial charge in [0.15, 0.2) is 5.82 Å². The molecular weight excluding hydrogens is 239 g/mol. The van der Waals surface area contributed by atoms with Crippen molar-refractivity contribution < 1.29 is 4.39 Å². The van der Waals surface area contributed by atoms with Crippen LogP contribution in [0.2, 0.25) is 0 Å². The molecule has 0 aliphatic heterocycles. The summed E-state index contributed by atoms with van der Waals surface area (Å²) in [5.74, 6) is 0.243. The van der Waals surface area contributed by atoms with E-state index in [-0.39, 0.29) is 5.82 Å². The SMILES string of the molecule is Fc1cccc(-c2ncc(-c3ccccc3)cn2)c1. The molecule has 0 radical (unpaired) electrons. The summed E-state index contributed by atoms with van der Waals surface area (Å²) in [6, 6.07) is 16.2. The maximum absolute atomic E-state index is 13.1. The van der Waals surface area contributed by atoms with Gasteiger partial charge in [-0.1, -0.05) is 42.5 Å². The molecule has 2 aromatic carbocycles. The van der Waals surface area contributed by atoms with Gasteiger partial charge >= 0.3 is 0 Å². The lowest BCUT2D eigenvalue weighted by Crippen LogP contribution is -1.90. The fraction of sp³-hybridized carbons (Fsp3) is 0. The van der Waals surface area contributed by atoms with Gasteiger partial charge in [-0.2, -0.15) is 0 Å². The number of rotatable bonds is 2. The van der Waals surface area contributed by atoms with Gasteiger partial charge in [0.05, 0.1) is 0 Å². The number of halogens is 1. The summed E-state index contributed by atoms with van der Waals surface area (Å²) in [4.78, 5) is 8.58. The van der Waals surface area contributed by atoms with E-state index < -0.39 is 0 Å². The van der Waals surface area contributed by atoms with Crippen LogP contribution in [-0.2, 0) is 0 Å². The van der Waals surface area contributed by atoms with Gasteiger partial charge in [-0.3, -0.25) is 0 Å². The molecule has 0 atom stereocenters. The summed E-state index contributed by atoms with van der Waals surface area (Å²) in [5.41, 5.74) is 2.69. The largest absolute Gasteiger partial charge is 0.236 e. The van der Waals surface area contributed by atoms with E-state index in [4.69, 9.17) is 0 Å². The van der Waals surface area contributed by atoms with Crippen LogP contribution in [-0.4, -0.2) is 9.97 Å².